The van der Waals surface area contributed by atoms with Gasteiger partial charge in [-0.1, -0.05) is 6.92 Å². The first-order valence-corrected chi connectivity index (χ1v) is 4.14. The van der Waals surface area contributed by atoms with Crippen molar-refractivity contribution in [2.24, 2.45) is 0 Å². The first-order valence-electron chi connectivity index (χ1n) is 4.14. The summed E-state index contributed by atoms with van der Waals surface area (Å²) in [7, 11) is 0. The monoisotopic (exact) mass is 214 g/mol. The molecule has 0 spiro atoms. The molecule has 0 aliphatic carbocycles. The highest BCUT2D eigenvalue weighted by Gasteiger charge is 2.28. The van der Waals surface area contributed by atoms with Crippen LogP contribution in [0, 0.1) is 0 Å². The van der Waals surface area contributed by atoms with Crippen molar-refractivity contribution in [3.63, 3.8) is 0 Å². The highest BCUT2D eigenvalue weighted by atomic mass is 19.4. The molecule has 0 rings (SSSR count). The largest absolute Gasteiger partial charge is 0.414 e. The lowest BCUT2D eigenvalue weighted by atomic mass is 10.4. The second kappa shape index (κ2) is 6.61. The molecule has 0 saturated carbocycles. The van der Waals surface area contributed by atoms with Crippen LogP contribution in [-0.4, -0.2) is 31.8 Å². The number of amides is 1. The number of halogens is 3. The molecule has 4 nitrogen and oxygen atoms in total. The Balaban J connectivity index is 3.36. The Kier molecular flexibility index (Phi) is 6.22. The predicted octanol–water partition coefficient (Wildman–Crippen LogP) is 0.596. The zero-order chi connectivity index (χ0) is 11.0. The zero-order valence-electron chi connectivity index (χ0n) is 7.78. The Morgan fingerprint density at radius 3 is 2.57 bits per heavy atom. The summed E-state index contributed by atoms with van der Waals surface area (Å²) in [5, 5.41) is 2.85. The van der Waals surface area contributed by atoms with Gasteiger partial charge in [-0.05, 0) is 6.54 Å². The molecule has 84 valence electrons. The summed E-state index contributed by atoms with van der Waals surface area (Å²) in [6.07, 6.45) is -4.33. The molecule has 7 heteroatoms. The fraction of sp³-hybridized carbons (Fsp3) is 0.857. The molecule has 0 heterocycles. The van der Waals surface area contributed by atoms with E-state index in [2.05, 4.69) is 10.2 Å². The molecule has 0 aromatic heterocycles. The van der Waals surface area contributed by atoms with Crippen LogP contribution in [0.4, 0.5) is 13.2 Å². The molecule has 0 aromatic carbocycles. The minimum Gasteiger partial charge on any atom is -0.316 e. The van der Waals surface area contributed by atoms with Crippen LogP contribution in [0.1, 0.15) is 13.3 Å². The van der Waals surface area contributed by atoms with E-state index in [0.717, 1.165) is 0 Å². The average Bonchev–Trinajstić information content (AvgIpc) is 2.02. The third kappa shape index (κ3) is 9.27. The second-order valence-corrected chi connectivity index (χ2v) is 2.53. The third-order valence-electron chi connectivity index (χ3n) is 1.20. The molecule has 0 radical (unpaired) electrons. The van der Waals surface area contributed by atoms with E-state index in [9.17, 15) is 18.0 Å². The summed E-state index contributed by atoms with van der Waals surface area (Å²) in [6.45, 7) is 1.51. The summed E-state index contributed by atoms with van der Waals surface area (Å²) in [5.41, 5.74) is 1.70. The Morgan fingerprint density at radius 1 is 1.43 bits per heavy atom. The first kappa shape index (κ1) is 13.2. The van der Waals surface area contributed by atoms with Crippen LogP contribution in [0.15, 0.2) is 0 Å². The lowest BCUT2D eigenvalue weighted by Crippen LogP contribution is -2.31. The maximum Gasteiger partial charge on any atom is 0.414 e. The number of hydroxylamine groups is 1. The van der Waals surface area contributed by atoms with Gasteiger partial charge in [-0.2, -0.15) is 13.2 Å². The lowest BCUT2D eigenvalue weighted by molar-refractivity contribution is -0.191. The first-order chi connectivity index (χ1) is 6.45. The van der Waals surface area contributed by atoms with Gasteiger partial charge in [0, 0.05) is 13.0 Å². The van der Waals surface area contributed by atoms with Crippen molar-refractivity contribution in [1.82, 2.24) is 10.8 Å². The van der Waals surface area contributed by atoms with Crippen molar-refractivity contribution >= 4 is 5.91 Å². The van der Waals surface area contributed by atoms with Gasteiger partial charge in [-0.15, -0.1) is 0 Å². The van der Waals surface area contributed by atoms with Gasteiger partial charge in [0.05, 0.1) is 0 Å². The molecule has 0 aliphatic rings. The molecule has 0 atom stereocenters. The zero-order valence-corrected chi connectivity index (χ0v) is 7.78. The van der Waals surface area contributed by atoms with Crippen molar-refractivity contribution in [3.8, 4) is 0 Å². The number of nitrogens with one attached hydrogen (secondary N) is 2. The van der Waals surface area contributed by atoms with Crippen LogP contribution in [0.5, 0.6) is 0 Å². The van der Waals surface area contributed by atoms with E-state index in [1.165, 1.54) is 0 Å². The van der Waals surface area contributed by atoms with Gasteiger partial charge in [-0.3, -0.25) is 9.63 Å². The molecular weight excluding hydrogens is 201 g/mol. The fourth-order valence-corrected chi connectivity index (χ4v) is 0.628. The molecule has 0 bridgehead atoms. The van der Waals surface area contributed by atoms with Crippen LogP contribution >= 0.6 is 0 Å². The van der Waals surface area contributed by atoms with Crippen molar-refractivity contribution in [1.29, 1.82) is 0 Å². The van der Waals surface area contributed by atoms with Gasteiger partial charge in [-0.25, -0.2) is 5.48 Å². The fourth-order valence-electron chi connectivity index (χ4n) is 0.628. The van der Waals surface area contributed by atoms with Crippen molar-refractivity contribution < 1.29 is 22.8 Å². The summed E-state index contributed by atoms with van der Waals surface area (Å²) < 4.78 is 34.6. The summed E-state index contributed by atoms with van der Waals surface area (Å²) in [5.74, 6) is -0.574. The van der Waals surface area contributed by atoms with Gasteiger partial charge in [0.1, 0.15) is 0 Å². The maximum atomic E-state index is 11.5. The van der Waals surface area contributed by atoms with Gasteiger partial charge in [0.25, 0.3) is 0 Å². The Bertz CT molecular complexity index is 173. The highest BCUT2D eigenvalue weighted by molar-refractivity contribution is 5.74. The number of hydrogen-bond donors (Lipinski definition) is 2. The maximum absolute atomic E-state index is 11.5. The summed E-state index contributed by atoms with van der Waals surface area (Å²) in [6, 6.07) is 0. The molecular formula is C7H13F3N2O2. The third-order valence-corrected chi connectivity index (χ3v) is 1.20. The topological polar surface area (TPSA) is 50.4 Å². The van der Waals surface area contributed by atoms with Gasteiger partial charge in [0.2, 0.25) is 5.91 Å². The van der Waals surface area contributed by atoms with Crippen LogP contribution in [0.25, 0.3) is 0 Å². The Morgan fingerprint density at radius 2 is 2.07 bits per heavy atom. The van der Waals surface area contributed by atoms with Crippen molar-refractivity contribution in [3.05, 3.63) is 0 Å². The van der Waals surface area contributed by atoms with Crippen molar-refractivity contribution in [2.75, 3.05) is 19.7 Å². The summed E-state index contributed by atoms with van der Waals surface area (Å²) >= 11 is 0. The molecule has 0 aromatic rings. The van der Waals surface area contributed by atoms with Crippen LogP contribution in [0.3, 0.4) is 0 Å². The molecule has 0 unspecified atom stereocenters. The second-order valence-electron chi connectivity index (χ2n) is 2.53. The quantitative estimate of drug-likeness (QED) is 0.502. The number of rotatable bonds is 6. The van der Waals surface area contributed by atoms with E-state index < -0.39 is 18.7 Å². The lowest BCUT2D eigenvalue weighted by Gasteiger charge is -2.08. The Hall–Kier alpha value is -0.820. The van der Waals surface area contributed by atoms with Crippen LogP contribution in [-0.2, 0) is 9.63 Å². The number of carbonyl (C=O) groups is 1. The van der Waals surface area contributed by atoms with Crippen LogP contribution < -0.4 is 10.8 Å². The molecule has 1 amide bonds. The molecule has 0 fully saturated rings. The molecule has 0 saturated heterocycles. The van der Waals surface area contributed by atoms with Gasteiger partial charge in [0.15, 0.2) is 6.61 Å². The number of alkyl halides is 3. The smallest absolute Gasteiger partial charge is 0.316 e. The van der Waals surface area contributed by atoms with E-state index in [0.29, 0.717) is 13.1 Å². The van der Waals surface area contributed by atoms with Gasteiger partial charge < -0.3 is 5.32 Å². The standard InChI is InChI=1S/C7H13F3N2O2/c1-2-11-4-3-6(13)12-14-5-7(8,9)10/h11H,2-5H2,1H3,(H,12,13). The Labute approximate surface area is 79.8 Å². The van der Waals surface area contributed by atoms with Crippen LogP contribution in [0.2, 0.25) is 0 Å². The SMILES string of the molecule is CCNCCC(=O)NOCC(F)(F)F. The molecule has 14 heavy (non-hydrogen) atoms. The van der Waals surface area contributed by atoms with E-state index in [4.69, 9.17) is 0 Å². The van der Waals surface area contributed by atoms with Crippen molar-refractivity contribution in [2.45, 2.75) is 19.5 Å². The molecule has 0 aliphatic heterocycles. The van der Waals surface area contributed by atoms with E-state index in [1.807, 2.05) is 6.92 Å². The average molecular weight is 214 g/mol. The van der Waals surface area contributed by atoms with E-state index in [1.54, 1.807) is 5.48 Å². The predicted molar refractivity (Wildman–Crippen MR) is 43.3 cm³/mol. The minimum atomic E-state index is -4.42. The van der Waals surface area contributed by atoms with E-state index >= 15 is 0 Å². The summed E-state index contributed by atoms with van der Waals surface area (Å²) in [4.78, 5) is 14.7. The highest BCUT2D eigenvalue weighted by Crippen LogP contribution is 2.13. The normalized spacial score (nSPS) is 11.4. The molecule has 2 N–H and O–H groups in total. The minimum absolute atomic E-state index is 0.0890. The van der Waals surface area contributed by atoms with E-state index in [-0.39, 0.29) is 6.42 Å². The number of carbonyl (C=O) groups excluding carboxylic acids is 1. The van der Waals surface area contributed by atoms with Gasteiger partial charge >= 0.3 is 6.18 Å². The number of hydrogen-bond acceptors (Lipinski definition) is 3.